The van der Waals surface area contributed by atoms with E-state index in [1.807, 2.05) is 13.8 Å². The summed E-state index contributed by atoms with van der Waals surface area (Å²) < 4.78 is 0. The maximum Gasteiger partial charge on any atom is 0 e. The van der Waals surface area contributed by atoms with Gasteiger partial charge in [-0.1, -0.05) is 27.2 Å². The zero-order valence-electron chi connectivity index (χ0n) is 8.35. The van der Waals surface area contributed by atoms with Crippen LogP contribution in [0.5, 0.6) is 0 Å². The van der Waals surface area contributed by atoms with Crippen LogP contribution in [-0.4, -0.2) is 25.0 Å². The monoisotopic (exact) mass is 231 g/mol. The van der Waals surface area contributed by atoms with Crippen LogP contribution in [0.1, 0.15) is 27.2 Å². The van der Waals surface area contributed by atoms with E-state index in [0.29, 0.717) is 5.41 Å². The molecule has 0 saturated carbocycles. The molecular weight excluding hydrogens is 211 g/mol. The van der Waals surface area contributed by atoms with E-state index >= 15 is 0 Å². The Bertz CT molecular complexity index is 91.6. The molecule has 1 saturated heterocycles. The van der Waals surface area contributed by atoms with Gasteiger partial charge in [0.2, 0.25) is 0 Å². The average Bonchev–Trinajstić information content (AvgIpc) is 2.15. The third-order valence-electron chi connectivity index (χ3n) is 1.75. The Labute approximate surface area is 96.8 Å². The van der Waals surface area contributed by atoms with Gasteiger partial charge in [-0.15, -0.1) is 5.41 Å². The van der Waals surface area contributed by atoms with Gasteiger partial charge in [-0.3, -0.25) is 0 Å². The van der Waals surface area contributed by atoms with Crippen LogP contribution in [0, 0.1) is 12.3 Å². The van der Waals surface area contributed by atoms with Crippen LogP contribution in [0.2, 0.25) is 0 Å². The molecule has 0 bridgehead atoms. The van der Waals surface area contributed by atoms with E-state index in [2.05, 4.69) is 25.8 Å². The molecule has 1 rings (SSSR count). The predicted molar refractivity (Wildman–Crippen MR) is 46.9 cm³/mol. The molecule has 0 N–H and O–H groups in total. The summed E-state index contributed by atoms with van der Waals surface area (Å²) in [6.45, 7) is 12.7. The Morgan fingerprint density at radius 3 is 1.91 bits per heavy atom. The van der Waals surface area contributed by atoms with E-state index in [9.17, 15) is 0 Å². The minimum absolute atomic E-state index is 0. The van der Waals surface area contributed by atoms with Crippen molar-refractivity contribution in [1.29, 1.82) is 0 Å². The van der Waals surface area contributed by atoms with Crippen molar-refractivity contribution in [2.75, 3.05) is 20.1 Å². The molecule has 1 heterocycles. The van der Waals surface area contributed by atoms with Gasteiger partial charge >= 0.3 is 0 Å². The third-order valence-corrected chi connectivity index (χ3v) is 1.75. The fraction of sp³-hybridized carbons (Fsp3) is 0.889. The molecular formula is C9H20NY-. The van der Waals surface area contributed by atoms with E-state index in [1.54, 1.807) is 0 Å². The van der Waals surface area contributed by atoms with E-state index in [0.717, 1.165) is 6.54 Å². The maximum absolute atomic E-state index is 4.08. The molecule has 1 radical (unpaired) electrons. The Balaban J connectivity index is 0. The van der Waals surface area contributed by atoms with E-state index < -0.39 is 0 Å². The summed E-state index contributed by atoms with van der Waals surface area (Å²) in [5, 5.41) is 0. The zero-order chi connectivity index (χ0) is 8.20. The molecule has 1 unspecified atom stereocenters. The summed E-state index contributed by atoms with van der Waals surface area (Å²) >= 11 is 0. The van der Waals surface area contributed by atoms with Crippen molar-refractivity contribution in [2.45, 2.75) is 27.2 Å². The van der Waals surface area contributed by atoms with Crippen molar-refractivity contribution in [3.63, 3.8) is 0 Å². The summed E-state index contributed by atoms with van der Waals surface area (Å²) in [5.41, 5.74) is 0.342. The molecule has 2 heteroatoms. The van der Waals surface area contributed by atoms with E-state index in [-0.39, 0.29) is 32.7 Å². The van der Waals surface area contributed by atoms with Gasteiger partial charge in [-0.25, -0.2) is 0 Å². The first-order valence-corrected chi connectivity index (χ1v) is 4.14. The normalized spacial score (nSPS) is 30.3. The van der Waals surface area contributed by atoms with Crippen LogP contribution in [0.4, 0.5) is 0 Å². The molecule has 1 aliphatic rings. The first-order valence-electron chi connectivity index (χ1n) is 4.14. The molecule has 11 heavy (non-hydrogen) atoms. The van der Waals surface area contributed by atoms with Crippen molar-refractivity contribution < 1.29 is 32.7 Å². The smallest absolute Gasteiger partial charge is 0 e. The first kappa shape index (κ1) is 14.6. The Kier molecular flexibility index (Phi) is 8.70. The van der Waals surface area contributed by atoms with Gasteiger partial charge in [0.1, 0.15) is 0 Å². The van der Waals surface area contributed by atoms with Gasteiger partial charge in [0.05, 0.1) is 0 Å². The molecule has 1 nitrogen and oxygen atoms in total. The number of hydrogen-bond donors (Lipinski definition) is 0. The summed E-state index contributed by atoms with van der Waals surface area (Å²) in [5.74, 6) is 0. The van der Waals surface area contributed by atoms with E-state index in [4.69, 9.17) is 0 Å². The van der Waals surface area contributed by atoms with Crippen LogP contribution >= 0.6 is 0 Å². The topological polar surface area (TPSA) is 3.24 Å². The van der Waals surface area contributed by atoms with Crippen LogP contribution < -0.4 is 0 Å². The summed E-state index contributed by atoms with van der Waals surface area (Å²) in [4.78, 5) is 2.33. The molecule has 65 valence electrons. The Hall–Kier alpha value is 1.06. The number of likely N-dealkylation sites (tertiary alicyclic amines) is 1. The maximum atomic E-state index is 4.08. The SMILES string of the molecule is CC.[CH2-]C1(C)CCN(C)C1.[Y]. The first-order chi connectivity index (χ1) is 4.60. The summed E-state index contributed by atoms with van der Waals surface area (Å²) in [6.07, 6.45) is 1.25. The predicted octanol–water partition coefficient (Wildman–Crippen LogP) is 2.19. The molecule has 0 amide bonds. The second-order valence-corrected chi connectivity index (χ2v) is 3.30. The summed E-state index contributed by atoms with van der Waals surface area (Å²) in [6, 6.07) is 0. The standard InChI is InChI=1S/C7H14N.C2H6.Y/c1-7(2)4-5-8(3)6-7;1-2;/h1,4-6H2,2-3H3;1-2H3;/q-1;;. The molecule has 1 atom stereocenters. The van der Waals surface area contributed by atoms with Gasteiger partial charge in [0.15, 0.2) is 0 Å². The van der Waals surface area contributed by atoms with Crippen LogP contribution in [0.15, 0.2) is 0 Å². The van der Waals surface area contributed by atoms with E-state index in [1.165, 1.54) is 13.0 Å². The Morgan fingerprint density at radius 2 is 1.82 bits per heavy atom. The molecule has 0 aromatic carbocycles. The zero-order valence-corrected chi connectivity index (χ0v) is 11.2. The van der Waals surface area contributed by atoms with Crippen molar-refractivity contribution in [3.8, 4) is 0 Å². The quantitative estimate of drug-likeness (QED) is 0.577. The molecule has 1 aliphatic heterocycles. The molecule has 0 aromatic heterocycles. The Morgan fingerprint density at radius 1 is 1.36 bits per heavy atom. The minimum Gasteiger partial charge on any atom is -0.336 e. The van der Waals surface area contributed by atoms with Crippen molar-refractivity contribution >= 4 is 0 Å². The molecule has 0 spiro atoms. The minimum atomic E-state index is 0. The van der Waals surface area contributed by atoms with Crippen molar-refractivity contribution in [1.82, 2.24) is 4.90 Å². The fourth-order valence-corrected chi connectivity index (χ4v) is 1.27. The average molecular weight is 231 g/mol. The number of rotatable bonds is 0. The second-order valence-electron chi connectivity index (χ2n) is 3.30. The summed E-state index contributed by atoms with van der Waals surface area (Å²) in [7, 11) is 2.15. The van der Waals surface area contributed by atoms with Crippen LogP contribution in [0.3, 0.4) is 0 Å². The van der Waals surface area contributed by atoms with Crippen LogP contribution in [0.25, 0.3) is 0 Å². The fourth-order valence-electron chi connectivity index (χ4n) is 1.27. The number of nitrogens with zero attached hydrogens (tertiary/aromatic N) is 1. The van der Waals surface area contributed by atoms with Crippen molar-refractivity contribution in [3.05, 3.63) is 6.92 Å². The van der Waals surface area contributed by atoms with Gasteiger partial charge in [-0.05, 0) is 20.1 Å². The van der Waals surface area contributed by atoms with Gasteiger partial charge < -0.3 is 11.8 Å². The second kappa shape index (κ2) is 6.57. The molecule has 0 aromatic rings. The molecule has 1 fully saturated rings. The number of hydrogen-bond acceptors (Lipinski definition) is 1. The van der Waals surface area contributed by atoms with Crippen LogP contribution in [-0.2, 0) is 32.7 Å². The third kappa shape index (κ3) is 6.25. The molecule has 0 aliphatic carbocycles. The van der Waals surface area contributed by atoms with Crippen molar-refractivity contribution in [2.24, 2.45) is 5.41 Å². The van der Waals surface area contributed by atoms with Gasteiger partial charge in [0, 0.05) is 32.7 Å². The van der Waals surface area contributed by atoms with Gasteiger partial charge in [0.25, 0.3) is 0 Å². The largest absolute Gasteiger partial charge is 0.336 e. The van der Waals surface area contributed by atoms with Gasteiger partial charge in [-0.2, -0.15) is 0 Å².